The number of esters is 1. The summed E-state index contributed by atoms with van der Waals surface area (Å²) in [7, 11) is 0. The molecule has 1 unspecified atom stereocenters. The van der Waals surface area contributed by atoms with Crippen LogP contribution < -0.4 is 0 Å². The molecule has 1 atom stereocenters. The van der Waals surface area contributed by atoms with Crippen LogP contribution in [0.2, 0.25) is 0 Å². The van der Waals surface area contributed by atoms with Gasteiger partial charge in [0.25, 0.3) is 0 Å². The first-order chi connectivity index (χ1) is 9.70. The van der Waals surface area contributed by atoms with E-state index < -0.39 is 0 Å². The summed E-state index contributed by atoms with van der Waals surface area (Å²) in [6, 6.07) is 0. The molecule has 2 aliphatic rings. The van der Waals surface area contributed by atoms with Gasteiger partial charge in [-0.25, -0.2) is 0 Å². The molecule has 2 nitrogen and oxygen atoms in total. The third kappa shape index (κ3) is 4.49. The summed E-state index contributed by atoms with van der Waals surface area (Å²) < 4.78 is 5.57. The SMILES string of the molecule is CCCC(C)OC(=O)[C@H]1CC[C@H](C2CCCCC2)CC1. The van der Waals surface area contributed by atoms with E-state index in [1.807, 2.05) is 6.92 Å². The molecule has 2 aliphatic carbocycles. The Morgan fingerprint density at radius 2 is 1.60 bits per heavy atom. The second-order valence-corrected chi connectivity index (χ2v) is 7.05. The molecular formula is C18H32O2. The minimum atomic E-state index is 0.0769. The highest BCUT2D eigenvalue weighted by Crippen LogP contribution is 2.40. The minimum Gasteiger partial charge on any atom is -0.462 e. The molecule has 0 saturated heterocycles. The Morgan fingerprint density at radius 3 is 2.20 bits per heavy atom. The largest absolute Gasteiger partial charge is 0.462 e. The Balaban J connectivity index is 1.71. The number of carbonyl (C=O) groups is 1. The summed E-state index contributed by atoms with van der Waals surface area (Å²) >= 11 is 0. The van der Waals surface area contributed by atoms with E-state index in [4.69, 9.17) is 4.74 Å². The molecule has 2 heteroatoms. The van der Waals surface area contributed by atoms with Crippen LogP contribution in [-0.2, 0) is 9.53 Å². The molecule has 0 amide bonds. The van der Waals surface area contributed by atoms with Gasteiger partial charge in [-0.05, 0) is 50.9 Å². The first-order valence-electron chi connectivity index (χ1n) is 8.91. The monoisotopic (exact) mass is 280 g/mol. The highest BCUT2D eigenvalue weighted by Gasteiger charge is 2.32. The van der Waals surface area contributed by atoms with Crippen LogP contribution in [0.4, 0.5) is 0 Å². The number of hydrogen-bond donors (Lipinski definition) is 0. The van der Waals surface area contributed by atoms with E-state index in [2.05, 4.69) is 6.92 Å². The normalized spacial score (nSPS) is 29.9. The van der Waals surface area contributed by atoms with E-state index in [9.17, 15) is 4.79 Å². The highest BCUT2D eigenvalue weighted by atomic mass is 16.5. The third-order valence-corrected chi connectivity index (χ3v) is 5.43. The zero-order valence-corrected chi connectivity index (χ0v) is 13.4. The lowest BCUT2D eigenvalue weighted by Gasteiger charge is -2.35. The molecule has 0 aromatic carbocycles. The second kappa shape index (κ2) is 8.05. The lowest BCUT2D eigenvalue weighted by atomic mass is 9.71. The van der Waals surface area contributed by atoms with Crippen molar-refractivity contribution in [3.05, 3.63) is 0 Å². The predicted molar refractivity (Wildman–Crippen MR) is 82.5 cm³/mol. The summed E-state index contributed by atoms with van der Waals surface area (Å²) in [5, 5.41) is 0. The standard InChI is InChI=1S/C18H32O2/c1-3-7-14(2)20-18(19)17-12-10-16(11-13-17)15-8-5-4-6-9-15/h14-17H,3-13H2,1-2H3/t14?,16-,17-. The number of ether oxygens (including phenoxy) is 1. The molecular weight excluding hydrogens is 248 g/mol. The summed E-state index contributed by atoms with van der Waals surface area (Å²) in [4.78, 5) is 12.1. The van der Waals surface area contributed by atoms with E-state index in [1.165, 1.54) is 44.9 Å². The Hall–Kier alpha value is -0.530. The zero-order valence-electron chi connectivity index (χ0n) is 13.4. The van der Waals surface area contributed by atoms with Gasteiger partial charge in [0.05, 0.1) is 12.0 Å². The van der Waals surface area contributed by atoms with Crippen LogP contribution in [-0.4, -0.2) is 12.1 Å². The maximum Gasteiger partial charge on any atom is 0.309 e. The van der Waals surface area contributed by atoms with Crippen molar-refractivity contribution < 1.29 is 9.53 Å². The number of carbonyl (C=O) groups excluding carboxylic acids is 1. The summed E-state index contributed by atoms with van der Waals surface area (Å²) in [5.41, 5.74) is 0. The molecule has 0 aromatic rings. The van der Waals surface area contributed by atoms with Crippen LogP contribution in [0, 0.1) is 17.8 Å². The van der Waals surface area contributed by atoms with Crippen molar-refractivity contribution in [1.82, 2.24) is 0 Å². The quantitative estimate of drug-likeness (QED) is 0.654. The lowest BCUT2D eigenvalue weighted by molar-refractivity contribution is -0.155. The highest BCUT2D eigenvalue weighted by molar-refractivity contribution is 5.72. The van der Waals surface area contributed by atoms with Gasteiger partial charge in [0, 0.05) is 0 Å². The molecule has 0 spiro atoms. The molecule has 2 rings (SSSR count). The van der Waals surface area contributed by atoms with Gasteiger partial charge in [-0.15, -0.1) is 0 Å². The fourth-order valence-corrected chi connectivity index (χ4v) is 4.19. The first kappa shape index (κ1) is 15.9. The van der Waals surface area contributed by atoms with Gasteiger partial charge in [0.2, 0.25) is 0 Å². The van der Waals surface area contributed by atoms with E-state index in [0.29, 0.717) is 0 Å². The Kier molecular flexibility index (Phi) is 6.38. The van der Waals surface area contributed by atoms with E-state index in [0.717, 1.165) is 37.5 Å². The van der Waals surface area contributed by atoms with Crippen molar-refractivity contribution in [1.29, 1.82) is 0 Å². The van der Waals surface area contributed by atoms with Crippen molar-refractivity contribution in [3.63, 3.8) is 0 Å². The fourth-order valence-electron chi connectivity index (χ4n) is 4.19. The average molecular weight is 280 g/mol. The summed E-state index contributed by atoms with van der Waals surface area (Å²) in [6.45, 7) is 4.16. The van der Waals surface area contributed by atoms with Crippen LogP contribution in [0.1, 0.15) is 84.5 Å². The Bertz CT molecular complexity index is 286. The van der Waals surface area contributed by atoms with Crippen LogP contribution in [0.3, 0.4) is 0 Å². The summed E-state index contributed by atoms with van der Waals surface area (Å²) in [5.74, 6) is 2.12. The molecule has 20 heavy (non-hydrogen) atoms. The number of hydrogen-bond acceptors (Lipinski definition) is 2. The van der Waals surface area contributed by atoms with Gasteiger partial charge in [0.1, 0.15) is 0 Å². The molecule has 2 fully saturated rings. The van der Waals surface area contributed by atoms with Gasteiger partial charge < -0.3 is 4.74 Å². The van der Waals surface area contributed by atoms with E-state index in [-0.39, 0.29) is 18.0 Å². The molecule has 0 radical (unpaired) electrons. The number of rotatable bonds is 5. The van der Waals surface area contributed by atoms with Crippen LogP contribution in [0.25, 0.3) is 0 Å². The van der Waals surface area contributed by atoms with Gasteiger partial charge in [0.15, 0.2) is 0 Å². The van der Waals surface area contributed by atoms with Gasteiger partial charge in [-0.1, -0.05) is 45.4 Å². The first-order valence-corrected chi connectivity index (χ1v) is 8.91. The van der Waals surface area contributed by atoms with Crippen LogP contribution >= 0.6 is 0 Å². The van der Waals surface area contributed by atoms with Crippen molar-refractivity contribution in [3.8, 4) is 0 Å². The maximum atomic E-state index is 12.1. The van der Waals surface area contributed by atoms with E-state index >= 15 is 0 Å². The van der Waals surface area contributed by atoms with Gasteiger partial charge in [-0.3, -0.25) is 4.79 Å². The predicted octanol–water partition coefficient (Wildman–Crippen LogP) is 5.10. The van der Waals surface area contributed by atoms with Gasteiger partial charge in [-0.2, -0.15) is 0 Å². The van der Waals surface area contributed by atoms with Crippen LogP contribution in [0.15, 0.2) is 0 Å². The molecule has 2 saturated carbocycles. The topological polar surface area (TPSA) is 26.3 Å². The lowest BCUT2D eigenvalue weighted by Crippen LogP contribution is -2.29. The Morgan fingerprint density at radius 1 is 1.00 bits per heavy atom. The molecule has 0 aromatic heterocycles. The van der Waals surface area contributed by atoms with Crippen molar-refractivity contribution in [2.45, 2.75) is 90.6 Å². The minimum absolute atomic E-state index is 0.0769. The second-order valence-electron chi connectivity index (χ2n) is 7.05. The smallest absolute Gasteiger partial charge is 0.309 e. The molecule has 0 bridgehead atoms. The van der Waals surface area contributed by atoms with Crippen molar-refractivity contribution >= 4 is 5.97 Å². The Labute approximate surface area is 124 Å². The summed E-state index contributed by atoms with van der Waals surface area (Å²) in [6.07, 6.45) is 14.0. The fraction of sp³-hybridized carbons (Fsp3) is 0.944. The average Bonchev–Trinajstić information content (AvgIpc) is 2.48. The van der Waals surface area contributed by atoms with Crippen molar-refractivity contribution in [2.75, 3.05) is 0 Å². The van der Waals surface area contributed by atoms with Gasteiger partial charge >= 0.3 is 5.97 Å². The molecule has 0 N–H and O–H groups in total. The third-order valence-electron chi connectivity index (χ3n) is 5.43. The maximum absolute atomic E-state index is 12.1. The zero-order chi connectivity index (χ0) is 14.4. The van der Waals surface area contributed by atoms with Crippen LogP contribution in [0.5, 0.6) is 0 Å². The van der Waals surface area contributed by atoms with Crippen molar-refractivity contribution in [2.24, 2.45) is 17.8 Å². The van der Waals surface area contributed by atoms with E-state index in [1.54, 1.807) is 0 Å². The molecule has 116 valence electrons. The molecule has 0 heterocycles. The molecule has 0 aliphatic heterocycles.